The van der Waals surface area contributed by atoms with Gasteiger partial charge in [0.25, 0.3) is 0 Å². The van der Waals surface area contributed by atoms with Gasteiger partial charge in [0.1, 0.15) is 0 Å². The summed E-state index contributed by atoms with van der Waals surface area (Å²) in [6.45, 7) is 0. The highest BCUT2D eigenvalue weighted by Gasteiger charge is 2.32. The van der Waals surface area contributed by atoms with Gasteiger partial charge in [0.05, 0.1) is 10.7 Å². The fourth-order valence-corrected chi connectivity index (χ4v) is 2.16. The number of hydrogen-bond acceptors (Lipinski definition) is 2. The number of carbonyl (C=O) groups is 1. The van der Waals surface area contributed by atoms with Crippen molar-refractivity contribution < 1.29 is 4.79 Å². The van der Waals surface area contributed by atoms with Crippen molar-refractivity contribution in [3.8, 4) is 0 Å². The maximum Gasteiger partial charge on any atom is 0.227 e. The first-order valence-corrected chi connectivity index (χ1v) is 5.83. The zero-order valence-electron chi connectivity index (χ0n) is 8.54. The maximum absolute atomic E-state index is 11.7. The topological polar surface area (TPSA) is 55.1 Å². The van der Waals surface area contributed by atoms with E-state index in [1.54, 1.807) is 18.2 Å². The second kappa shape index (κ2) is 4.62. The van der Waals surface area contributed by atoms with Crippen molar-refractivity contribution in [3.63, 3.8) is 0 Å². The van der Waals surface area contributed by atoms with E-state index in [2.05, 4.69) is 5.32 Å². The molecule has 0 unspecified atom stereocenters. The van der Waals surface area contributed by atoms with Gasteiger partial charge in [-0.2, -0.15) is 0 Å². The van der Waals surface area contributed by atoms with E-state index in [4.69, 9.17) is 28.9 Å². The van der Waals surface area contributed by atoms with Gasteiger partial charge >= 0.3 is 0 Å². The fourth-order valence-electron chi connectivity index (χ4n) is 1.70. The van der Waals surface area contributed by atoms with Gasteiger partial charge in [0, 0.05) is 17.0 Å². The van der Waals surface area contributed by atoms with Crippen LogP contribution in [0, 0.1) is 5.92 Å². The molecule has 0 heterocycles. The first kappa shape index (κ1) is 11.7. The van der Waals surface area contributed by atoms with E-state index >= 15 is 0 Å². The minimum absolute atomic E-state index is 0.0155. The number of anilines is 1. The van der Waals surface area contributed by atoms with Crippen molar-refractivity contribution in [2.75, 3.05) is 5.32 Å². The lowest BCUT2D eigenvalue weighted by molar-refractivity contribution is -0.122. The summed E-state index contributed by atoms with van der Waals surface area (Å²) in [5, 5.41) is 3.77. The van der Waals surface area contributed by atoms with Crippen molar-refractivity contribution in [2.45, 2.75) is 18.9 Å². The van der Waals surface area contributed by atoms with Crippen LogP contribution in [0.3, 0.4) is 0 Å². The molecular weight excluding hydrogens is 247 g/mol. The SMILES string of the molecule is NC1CC(C(=O)Nc2ccc(Cl)cc2Cl)C1. The molecule has 1 aliphatic rings. The molecule has 3 N–H and O–H groups in total. The molecule has 16 heavy (non-hydrogen) atoms. The number of rotatable bonds is 2. The van der Waals surface area contributed by atoms with Gasteiger partial charge in [-0.3, -0.25) is 4.79 Å². The third kappa shape index (κ3) is 2.48. The molecule has 0 aliphatic heterocycles. The number of nitrogens with one attached hydrogen (secondary N) is 1. The van der Waals surface area contributed by atoms with E-state index in [0.717, 1.165) is 12.8 Å². The molecule has 3 nitrogen and oxygen atoms in total. The molecule has 1 saturated carbocycles. The van der Waals surface area contributed by atoms with Gasteiger partial charge < -0.3 is 11.1 Å². The normalized spacial score (nSPS) is 23.7. The molecule has 0 saturated heterocycles. The van der Waals surface area contributed by atoms with Crippen LogP contribution in [0.4, 0.5) is 5.69 Å². The minimum atomic E-state index is -0.0223. The zero-order chi connectivity index (χ0) is 11.7. The molecule has 1 fully saturated rings. The molecular formula is C11H12Cl2N2O. The number of hydrogen-bond donors (Lipinski definition) is 2. The van der Waals surface area contributed by atoms with E-state index in [9.17, 15) is 4.79 Å². The van der Waals surface area contributed by atoms with Crippen LogP contribution < -0.4 is 11.1 Å². The summed E-state index contributed by atoms with van der Waals surface area (Å²) in [5.74, 6) is -0.00679. The summed E-state index contributed by atoms with van der Waals surface area (Å²) in [5.41, 5.74) is 6.22. The highest BCUT2D eigenvalue weighted by atomic mass is 35.5. The molecule has 0 spiro atoms. The third-order valence-corrected chi connectivity index (χ3v) is 3.28. The van der Waals surface area contributed by atoms with Gasteiger partial charge in [-0.05, 0) is 31.0 Å². The van der Waals surface area contributed by atoms with Gasteiger partial charge in [0.2, 0.25) is 5.91 Å². The summed E-state index contributed by atoms with van der Waals surface area (Å²) in [7, 11) is 0. The minimum Gasteiger partial charge on any atom is -0.328 e. The summed E-state index contributed by atoms with van der Waals surface area (Å²) in [6.07, 6.45) is 1.49. The third-order valence-electron chi connectivity index (χ3n) is 2.73. The van der Waals surface area contributed by atoms with Crippen LogP contribution >= 0.6 is 23.2 Å². The Kier molecular flexibility index (Phi) is 3.38. The lowest BCUT2D eigenvalue weighted by Gasteiger charge is -2.31. The van der Waals surface area contributed by atoms with Crippen LogP contribution in [-0.2, 0) is 4.79 Å². The van der Waals surface area contributed by atoms with Crippen LogP contribution in [0.15, 0.2) is 18.2 Å². The molecule has 0 bridgehead atoms. The van der Waals surface area contributed by atoms with Gasteiger partial charge in [0.15, 0.2) is 0 Å². The van der Waals surface area contributed by atoms with Crippen LogP contribution in [0.1, 0.15) is 12.8 Å². The summed E-state index contributed by atoms with van der Waals surface area (Å²) >= 11 is 11.7. The second-order valence-corrected chi connectivity index (χ2v) is 4.89. The first-order valence-electron chi connectivity index (χ1n) is 5.08. The number of halogens is 2. The van der Waals surface area contributed by atoms with Crippen molar-refractivity contribution in [1.29, 1.82) is 0 Å². The summed E-state index contributed by atoms with van der Waals surface area (Å²) < 4.78 is 0. The van der Waals surface area contributed by atoms with Crippen LogP contribution in [0.5, 0.6) is 0 Å². The molecule has 1 aromatic carbocycles. The highest BCUT2D eigenvalue weighted by molar-refractivity contribution is 6.36. The van der Waals surface area contributed by atoms with E-state index in [1.807, 2.05) is 0 Å². The van der Waals surface area contributed by atoms with Gasteiger partial charge in [-0.15, -0.1) is 0 Å². The number of amides is 1. The molecule has 1 aromatic rings. The van der Waals surface area contributed by atoms with E-state index in [-0.39, 0.29) is 17.9 Å². The number of benzene rings is 1. The average molecular weight is 259 g/mol. The monoisotopic (exact) mass is 258 g/mol. The molecule has 1 aliphatic carbocycles. The summed E-state index contributed by atoms with van der Waals surface area (Å²) in [6, 6.07) is 5.15. The maximum atomic E-state index is 11.7. The molecule has 1 amide bonds. The van der Waals surface area contributed by atoms with E-state index in [0.29, 0.717) is 15.7 Å². The Hall–Kier alpha value is -0.770. The summed E-state index contributed by atoms with van der Waals surface area (Å²) in [4.78, 5) is 11.7. The van der Waals surface area contributed by atoms with Crippen LogP contribution in [0.25, 0.3) is 0 Å². The Balaban J connectivity index is 2.01. The molecule has 86 valence electrons. The molecule has 0 radical (unpaired) electrons. The smallest absolute Gasteiger partial charge is 0.227 e. The van der Waals surface area contributed by atoms with Crippen molar-refractivity contribution in [2.24, 2.45) is 11.7 Å². The van der Waals surface area contributed by atoms with Crippen LogP contribution in [0.2, 0.25) is 10.0 Å². The van der Waals surface area contributed by atoms with Crippen LogP contribution in [-0.4, -0.2) is 11.9 Å². The molecule has 0 aromatic heterocycles. The number of nitrogens with two attached hydrogens (primary N) is 1. The van der Waals surface area contributed by atoms with Crippen molar-refractivity contribution >= 4 is 34.8 Å². The highest BCUT2D eigenvalue weighted by Crippen LogP contribution is 2.29. The molecule has 2 rings (SSSR count). The lowest BCUT2D eigenvalue weighted by Crippen LogP contribution is -2.42. The Labute approximate surface area is 104 Å². The Morgan fingerprint density at radius 1 is 1.38 bits per heavy atom. The van der Waals surface area contributed by atoms with Crippen molar-refractivity contribution in [1.82, 2.24) is 0 Å². The first-order chi connectivity index (χ1) is 7.56. The zero-order valence-corrected chi connectivity index (χ0v) is 10.1. The van der Waals surface area contributed by atoms with Gasteiger partial charge in [-0.25, -0.2) is 0 Å². The molecule has 0 atom stereocenters. The quantitative estimate of drug-likeness (QED) is 0.857. The Bertz CT molecular complexity index is 416. The molecule has 5 heteroatoms. The predicted molar refractivity (Wildman–Crippen MR) is 65.8 cm³/mol. The van der Waals surface area contributed by atoms with Crippen molar-refractivity contribution in [3.05, 3.63) is 28.2 Å². The lowest BCUT2D eigenvalue weighted by atomic mass is 9.80. The second-order valence-electron chi connectivity index (χ2n) is 4.04. The Morgan fingerprint density at radius 3 is 2.62 bits per heavy atom. The fraction of sp³-hybridized carbons (Fsp3) is 0.364. The predicted octanol–water partition coefficient (Wildman–Crippen LogP) is 2.67. The largest absolute Gasteiger partial charge is 0.328 e. The number of carbonyl (C=O) groups excluding carboxylic acids is 1. The standard InChI is InChI=1S/C11H12Cl2N2O/c12-7-1-2-10(9(13)5-7)15-11(16)6-3-8(14)4-6/h1-2,5-6,8H,3-4,14H2,(H,15,16). The Morgan fingerprint density at radius 2 is 2.06 bits per heavy atom. The van der Waals surface area contributed by atoms with E-state index in [1.165, 1.54) is 0 Å². The average Bonchev–Trinajstić information content (AvgIpc) is 2.17. The van der Waals surface area contributed by atoms with Gasteiger partial charge in [-0.1, -0.05) is 23.2 Å². The van der Waals surface area contributed by atoms with E-state index < -0.39 is 0 Å².